The summed E-state index contributed by atoms with van der Waals surface area (Å²) in [5.41, 5.74) is 4.42. The molecule has 32 heavy (non-hydrogen) atoms. The predicted octanol–water partition coefficient (Wildman–Crippen LogP) is 5.29. The average molecular weight is 449 g/mol. The highest BCUT2D eigenvalue weighted by atomic mass is 32.1. The first kappa shape index (κ1) is 21.0. The summed E-state index contributed by atoms with van der Waals surface area (Å²) in [6.07, 6.45) is 1.61. The molecule has 1 aliphatic heterocycles. The lowest BCUT2D eigenvalue weighted by atomic mass is 10.0. The van der Waals surface area contributed by atoms with Crippen LogP contribution in [-0.2, 0) is 4.74 Å². The Morgan fingerprint density at radius 2 is 1.81 bits per heavy atom. The highest BCUT2D eigenvalue weighted by molar-refractivity contribution is 7.17. The van der Waals surface area contributed by atoms with Crippen molar-refractivity contribution in [1.29, 1.82) is 0 Å². The van der Waals surface area contributed by atoms with E-state index in [4.69, 9.17) is 4.74 Å². The normalized spacial score (nSPS) is 15.7. The maximum atomic E-state index is 13.5. The van der Waals surface area contributed by atoms with Crippen LogP contribution in [0.2, 0.25) is 0 Å². The van der Waals surface area contributed by atoms with E-state index in [-0.39, 0.29) is 11.9 Å². The van der Waals surface area contributed by atoms with Crippen molar-refractivity contribution in [3.8, 4) is 11.1 Å². The fourth-order valence-electron chi connectivity index (χ4n) is 4.07. The highest BCUT2D eigenvalue weighted by Gasteiger charge is 2.21. The Kier molecular flexibility index (Phi) is 6.12. The Labute approximate surface area is 190 Å². The maximum absolute atomic E-state index is 13.5. The molecule has 1 N–H and O–H groups in total. The van der Waals surface area contributed by atoms with Gasteiger partial charge in [-0.05, 0) is 30.2 Å². The number of hydrogen-bond acceptors (Lipinski definition) is 6. The number of hydrogen-bond donors (Lipinski definition) is 1. The van der Waals surface area contributed by atoms with E-state index in [9.17, 15) is 4.39 Å². The summed E-state index contributed by atoms with van der Waals surface area (Å²) >= 11 is 1.58. The van der Waals surface area contributed by atoms with Crippen molar-refractivity contribution in [3.05, 3.63) is 77.2 Å². The molecular formula is C25H25FN4OS. The van der Waals surface area contributed by atoms with Crippen LogP contribution in [0.15, 0.2) is 60.2 Å². The molecule has 0 bridgehead atoms. The Morgan fingerprint density at radius 3 is 2.56 bits per heavy atom. The maximum Gasteiger partial charge on any atom is 0.139 e. The molecule has 1 fully saturated rings. The van der Waals surface area contributed by atoms with Crippen molar-refractivity contribution in [2.45, 2.75) is 13.0 Å². The van der Waals surface area contributed by atoms with E-state index in [1.807, 2.05) is 0 Å². The Morgan fingerprint density at radius 1 is 1.06 bits per heavy atom. The van der Waals surface area contributed by atoms with Crippen LogP contribution in [0.4, 0.5) is 10.2 Å². The summed E-state index contributed by atoms with van der Waals surface area (Å²) in [4.78, 5) is 12.4. The van der Waals surface area contributed by atoms with Crippen molar-refractivity contribution in [2.75, 3.05) is 38.2 Å². The van der Waals surface area contributed by atoms with Crippen LogP contribution in [-0.4, -0.2) is 47.7 Å². The predicted molar refractivity (Wildman–Crippen MR) is 128 cm³/mol. The summed E-state index contributed by atoms with van der Waals surface area (Å²) < 4.78 is 19.0. The molecular weight excluding hydrogens is 423 g/mol. The summed E-state index contributed by atoms with van der Waals surface area (Å²) in [5, 5.41) is 6.76. The van der Waals surface area contributed by atoms with E-state index < -0.39 is 0 Å². The number of morpholine rings is 1. The zero-order valence-electron chi connectivity index (χ0n) is 17.9. The van der Waals surface area contributed by atoms with Gasteiger partial charge >= 0.3 is 0 Å². The van der Waals surface area contributed by atoms with Crippen molar-refractivity contribution in [3.63, 3.8) is 0 Å². The second kappa shape index (κ2) is 9.32. The number of aryl methyl sites for hydroxylation is 1. The van der Waals surface area contributed by atoms with Gasteiger partial charge in [0.1, 0.15) is 22.8 Å². The van der Waals surface area contributed by atoms with Crippen LogP contribution in [0.25, 0.3) is 21.3 Å². The number of nitrogens with zero attached hydrogens (tertiary/aromatic N) is 3. The molecule has 5 rings (SSSR count). The Balaban J connectivity index is 1.52. The molecule has 3 heterocycles. The first-order valence-electron chi connectivity index (χ1n) is 10.8. The summed E-state index contributed by atoms with van der Waals surface area (Å²) in [6, 6.07) is 15.3. The van der Waals surface area contributed by atoms with E-state index in [0.29, 0.717) is 0 Å². The third-order valence-corrected chi connectivity index (χ3v) is 6.75. The van der Waals surface area contributed by atoms with Crippen LogP contribution in [0.1, 0.15) is 17.2 Å². The molecule has 7 heteroatoms. The summed E-state index contributed by atoms with van der Waals surface area (Å²) in [7, 11) is 0. The Hall–Kier alpha value is -2.87. The number of halogens is 1. The monoisotopic (exact) mass is 448 g/mol. The van der Waals surface area contributed by atoms with Gasteiger partial charge in [0.2, 0.25) is 0 Å². The van der Waals surface area contributed by atoms with Crippen molar-refractivity contribution < 1.29 is 9.13 Å². The van der Waals surface area contributed by atoms with Gasteiger partial charge in [-0.3, -0.25) is 4.90 Å². The van der Waals surface area contributed by atoms with Crippen molar-refractivity contribution in [1.82, 2.24) is 14.9 Å². The molecule has 0 amide bonds. The highest BCUT2D eigenvalue weighted by Crippen LogP contribution is 2.37. The van der Waals surface area contributed by atoms with Crippen LogP contribution in [0, 0.1) is 12.7 Å². The molecule has 5 nitrogen and oxygen atoms in total. The molecule has 1 saturated heterocycles. The molecule has 0 saturated carbocycles. The number of anilines is 1. The fraction of sp³-hybridized carbons (Fsp3) is 0.280. The lowest BCUT2D eigenvalue weighted by molar-refractivity contribution is 0.0361. The summed E-state index contributed by atoms with van der Waals surface area (Å²) in [5.74, 6) is 0.558. The molecule has 0 radical (unpaired) electrons. The number of aromatic nitrogens is 2. The van der Waals surface area contributed by atoms with Gasteiger partial charge in [0.15, 0.2) is 0 Å². The number of ether oxygens (including phenoxy) is 1. The number of benzene rings is 2. The van der Waals surface area contributed by atoms with Crippen LogP contribution in [0.3, 0.4) is 0 Å². The van der Waals surface area contributed by atoms with E-state index >= 15 is 0 Å². The van der Waals surface area contributed by atoms with Gasteiger partial charge in [-0.15, -0.1) is 11.3 Å². The third-order valence-electron chi connectivity index (χ3n) is 5.86. The minimum absolute atomic E-state index is 0.0627. The fourth-order valence-corrected chi connectivity index (χ4v) is 4.98. The quantitative estimate of drug-likeness (QED) is 0.434. The van der Waals surface area contributed by atoms with Gasteiger partial charge in [0.25, 0.3) is 0 Å². The van der Waals surface area contributed by atoms with E-state index in [1.54, 1.807) is 29.8 Å². The number of thiophene rings is 1. The van der Waals surface area contributed by atoms with E-state index in [0.717, 1.165) is 60.0 Å². The molecule has 1 aliphatic rings. The molecule has 4 aromatic rings. The van der Waals surface area contributed by atoms with Crippen molar-refractivity contribution in [2.24, 2.45) is 0 Å². The number of fused-ring (bicyclic) bond motifs is 1. The van der Waals surface area contributed by atoms with Crippen LogP contribution >= 0.6 is 11.3 Å². The smallest absolute Gasteiger partial charge is 0.139 e. The minimum atomic E-state index is -0.243. The Bertz CT molecular complexity index is 1190. The zero-order valence-corrected chi connectivity index (χ0v) is 18.7. The number of nitrogens with one attached hydrogen (secondary N) is 1. The molecule has 1 unspecified atom stereocenters. The molecule has 0 spiro atoms. The molecule has 2 aromatic carbocycles. The third kappa shape index (κ3) is 4.50. The minimum Gasteiger partial charge on any atom is -0.379 e. The second-order valence-electron chi connectivity index (χ2n) is 8.08. The standard InChI is InChI=1S/C25H25FN4OS/c1-17-2-4-19(5-3-17)22(14-30-10-12-31-13-11-30)29-24-23-21(15-32-25(23)28-16-27-24)18-6-8-20(26)9-7-18/h2-9,15-16,22H,10-14H2,1H3,(H,27,28,29). The lowest BCUT2D eigenvalue weighted by Gasteiger charge is -2.31. The molecule has 0 aliphatic carbocycles. The summed E-state index contributed by atoms with van der Waals surface area (Å²) in [6.45, 7) is 6.32. The number of rotatable bonds is 6. The van der Waals surface area contributed by atoms with Gasteiger partial charge in [-0.1, -0.05) is 42.0 Å². The molecule has 1 atom stereocenters. The lowest BCUT2D eigenvalue weighted by Crippen LogP contribution is -2.40. The SMILES string of the molecule is Cc1ccc(C(CN2CCOCC2)Nc2ncnc3scc(-c4ccc(F)cc4)c23)cc1. The van der Waals surface area contributed by atoms with Gasteiger partial charge in [0.05, 0.1) is 24.6 Å². The van der Waals surface area contributed by atoms with Gasteiger partial charge in [-0.2, -0.15) is 0 Å². The van der Waals surface area contributed by atoms with E-state index in [2.05, 4.69) is 56.8 Å². The van der Waals surface area contributed by atoms with Gasteiger partial charge in [0, 0.05) is 30.6 Å². The van der Waals surface area contributed by atoms with Crippen molar-refractivity contribution >= 4 is 27.4 Å². The molecule has 2 aromatic heterocycles. The topological polar surface area (TPSA) is 50.3 Å². The van der Waals surface area contributed by atoms with Gasteiger partial charge in [-0.25, -0.2) is 14.4 Å². The first-order valence-corrected chi connectivity index (χ1v) is 11.7. The molecule has 164 valence electrons. The zero-order chi connectivity index (χ0) is 21.9. The second-order valence-corrected chi connectivity index (χ2v) is 8.94. The first-order chi connectivity index (χ1) is 15.7. The average Bonchev–Trinajstić information content (AvgIpc) is 3.26. The van der Waals surface area contributed by atoms with Crippen LogP contribution in [0.5, 0.6) is 0 Å². The van der Waals surface area contributed by atoms with E-state index in [1.165, 1.54) is 23.3 Å². The van der Waals surface area contributed by atoms with Gasteiger partial charge < -0.3 is 10.1 Å². The van der Waals surface area contributed by atoms with Crippen LogP contribution < -0.4 is 5.32 Å². The largest absolute Gasteiger partial charge is 0.379 e.